The van der Waals surface area contributed by atoms with Crippen LogP contribution in [-0.4, -0.2) is 21.3 Å². The van der Waals surface area contributed by atoms with Gasteiger partial charge < -0.3 is 9.52 Å². The normalized spacial score (nSPS) is 11.3. The van der Waals surface area contributed by atoms with Gasteiger partial charge in [0.2, 0.25) is 0 Å². The topological polar surface area (TPSA) is 63.3 Å². The first-order valence-electron chi connectivity index (χ1n) is 7.15. The van der Waals surface area contributed by atoms with Gasteiger partial charge in [-0.15, -0.1) is 0 Å². The molecule has 0 amide bonds. The average molecular weight is 406 g/mol. The molecule has 1 atom stereocenters. The molecule has 1 unspecified atom stereocenters. The first kappa shape index (κ1) is 18.3. The van der Waals surface area contributed by atoms with Crippen molar-refractivity contribution in [1.29, 1.82) is 0 Å². The minimum Gasteiger partial charge on any atom is -0.480 e. The monoisotopic (exact) mass is 405 g/mol. The maximum atomic E-state index is 9.62. The maximum Gasteiger partial charge on any atom is 0.316 e. The second kappa shape index (κ2) is 8.70. The number of rotatable bonds is 3. The van der Waals surface area contributed by atoms with Crippen LogP contribution in [0.25, 0.3) is 22.6 Å². The molecule has 0 aliphatic carbocycles. The van der Waals surface area contributed by atoms with E-state index >= 15 is 0 Å². The first-order valence-corrected chi connectivity index (χ1v) is 8.46. The molecule has 0 aliphatic heterocycles. The number of carboxylic acid groups (broad SMARTS) is 1. The fraction of sp³-hybridized carbons (Fsp3) is 0.111. The molecule has 0 fully saturated rings. The summed E-state index contributed by atoms with van der Waals surface area (Å²) in [5.41, 5.74) is 2.92. The average Bonchev–Trinajstić information content (AvgIpc) is 3.06. The highest BCUT2D eigenvalue weighted by atomic mass is 79.9. The molecule has 0 radical (unpaired) electrons. The van der Waals surface area contributed by atoms with Crippen molar-refractivity contribution in [1.82, 2.24) is 4.98 Å². The van der Waals surface area contributed by atoms with Crippen LogP contribution in [0.15, 0.2) is 69.9 Å². The summed E-state index contributed by atoms with van der Waals surface area (Å²) in [5, 5.41) is 7.38. The molecule has 6 heteroatoms. The number of hydrogen-bond acceptors (Lipinski definition) is 4. The maximum absolute atomic E-state index is 9.62. The van der Waals surface area contributed by atoms with Gasteiger partial charge in [0, 0.05) is 15.6 Å². The van der Waals surface area contributed by atoms with Crippen LogP contribution in [0.4, 0.5) is 0 Å². The summed E-state index contributed by atoms with van der Waals surface area (Å²) < 4.78 is 6.54. The number of carbonyl (C=O) groups is 1. The van der Waals surface area contributed by atoms with Crippen molar-refractivity contribution in [2.75, 3.05) is 0 Å². The molecule has 3 rings (SSSR count). The number of benzene rings is 2. The van der Waals surface area contributed by atoms with Crippen molar-refractivity contribution in [3.63, 3.8) is 0 Å². The van der Waals surface area contributed by atoms with E-state index in [9.17, 15) is 4.79 Å². The van der Waals surface area contributed by atoms with Crippen LogP contribution in [0, 0.1) is 0 Å². The van der Waals surface area contributed by atoms with Gasteiger partial charge in [0.25, 0.3) is 0 Å². The van der Waals surface area contributed by atoms with Crippen molar-refractivity contribution >= 4 is 34.5 Å². The minimum atomic E-state index is -0.877. The van der Waals surface area contributed by atoms with Crippen molar-refractivity contribution in [3.05, 3.63) is 65.5 Å². The van der Waals surface area contributed by atoms with Crippen LogP contribution in [-0.2, 0) is 4.79 Å². The number of aliphatic carboxylic acids is 1. The van der Waals surface area contributed by atoms with Crippen LogP contribution in [0.2, 0.25) is 0 Å². The molecule has 0 aliphatic rings. The Kier molecular flexibility index (Phi) is 6.63. The third kappa shape index (κ3) is 4.72. The van der Waals surface area contributed by atoms with Gasteiger partial charge in [-0.2, -0.15) is 12.6 Å². The third-order valence-electron chi connectivity index (χ3n) is 3.09. The van der Waals surface area contributed by atoms with Crippen LogP contribution in [0.1, 0.15) is 6.92 Å². The largest absolute Gasteiger partial charge is 0.480 e. The van der Waals surface area contributed by atoms with Gasteiger partial charge in [0.05, 0.1) is 5.25 Å². The van der Waals surface area contributed by atoms with Gasteiger partial charge in [-0.1, -0.05) is 64.5 Å². The molecular weight excluding hydrogens is 390 g/mol. The summed E-state index contributed by atoms with van der Waals surface area (Å²) in [7, 11) is 0. The number of oxazole rings is 1. The second-order valence-electron chi connectivity index (χ2n) is 4.89. The standard InChI is InChI=1S/C15H10BrNO.C3H6O2S/c16-13-9-5-4-8-12(13)15-14(17-10-18-15)11-6-2-1-3-7-11;1-2(6)3(4)5/h1-10H;2,6H,1H3,(H,4,5). The highest BCUT2D eigenvalue weighted by Crippen LogP contribution is 2.34. The second-order valence-corrected chi connectivity index (χ2v) is 6.52. The SMILES string of the molecule is Brc1ccccc1-c1ocnc1-c1ccccc1.CC(S)C(=O)O. The molecule has 1 N–H and O–H groups in total. The van der Waals surface area contributed by atoms with E-state index in [1.165, 1.54) is 13.3 Å². The highest BCUT2D eigenvalue weighted by Gasteiger charge is 2.14. The van der Waals surface area contributed by atoms with Crippen LogP contribution < -0.4 is 0 Å². The zero-order valence-electron chi connectivity index (χ0n) is 12.9. The molecule has 0 spiro atoms. The van der Waals surface area contributed by atoms with E-state index in [0.717, 1.165) is 27.1 Å². The third-order valence-corrected chi connectivity index (χ3v) is 4.00. The molecule has 1 heterocycles. The van der Waals surface area contributed by atoms with Gasteiger partial charge in [-0.3, -0.25) is 4.79 Å². The van der Waals surface area contributed by atoms with E-state index in [-0.39, 0.29) is 0 Å². The summed E-state index contributed by atoms with van der Waals surface area (Å²) in [4.78, 5) is 13.9. The quantitative estimate of drug-likeness (QED) is 0.590. The number of carboxylic acids is 1. The van der Waals surface area contributed by atoms with Gasteiger partial charge in [0.15, 0.2) is 12.2 Å². The molecule has 3 aromatic rings. The molecule has 0 bridgehead atoms. The summed E-state index contributed by atoms with van der Waals surface area (Å²) in [6, 6.07) is 18.0. The van der Waals surface area contributed by atoms with E-state index in [4.69, 9.17) is 9.52 Å². The summed E-state index contributed by atoms with van der Waals surface area (Å²) in [6.07, 6.45) is 1.48. The Labute approximate surface area is 154 Å². The fourth-order valence-corrected chi connectivity index (χ4v) is 2.35. The van der Waals surface area contributed by atoms with Crippen molar-refractivity contribution in [3.8, 4) is 22.6 Å². The lowest BCUT2D eigenvalue weighted by Crippen LogP contribution is -2.06. The first-order chi connectivity index (χ1) is 11.5. The minimum absolute atomic E-state index is 0.537. The van der Waals surface area contributed by atoms with E-state index in [1.54, 1.807) is 0 Å². The van der Waals surface area contributed by atoms with Crippen LogP contribution in [0.5, 0.6) is 0 Å². The van der Waals surface area contributed by atoms with Crippen molar-refractivity contribution in [2.24, 2.45) is 0 Å². The van der Waals surface area contributed by atoms with E-state index in [2.05, 4.69) is 33.5 Å². The van der Waals surface area contributed by atoms with E-state index in [1.807, 2.05) is 54.6 Å². The Bertz CT molecular complexity index is 803. The van der Waals surface area contributed by atoms with E-state index < -0.39 is 11.2 Å². The number of halogens is 1. The van der Waals surface area contributed by atoms with Gasteiger partial charge in [-0.25, -0.2) is 4.98 Å². The molecular formula is C18H16BrNO3S. The lowest BCUT2D eigenvalue weighted by molar-refractivity contribution is -0.136. The summed E-state index contributed by atoms with van der Waals surface area (Å²) in [5.74, 6) is -0.0907. The fourth-order valence-electron chi connectivity index (χ4n) is 1.88. The predicted octanol–water partition coefficient (Wildman–Crippen LogP) is 5.16. The lowest BCUT2D eigenvalue weighted by Gasteiger charge is -2.03. The molecule has 0 saturated carbocycles. The number of hydrogen-bond donors (Lipinski definition) is 2. The molecule has 2 aromatic carbocycles. The number of thiol groups is 1. The van der Waals surface area contributed by atoms with Gasteiger partial charge in [-0.05, 0) is 13.0 Å². The summed E-state index contributed by atoms with van der Waals surface area (Å²) in [6.45, 7) is 1.51. The molecule has 124 valence electrons. The Balaban J connectivity index is 0.000000301. The van der Waals surface area contributed by atoms with Gasteiger partial charge in [0.1, 0.15) is 5.69 Å². The molecule has 1 aromatic heterocycles. The molecule has 0 saturated heterocycles. The Morgan fingerprint density at radius 2 is 1.75 bits per heavy atom. The lowest BCUT2D eigenvalue weighted by atomic mass is 10.1. The summed E-state index contributed by atoms with van der Waals surface area (Å²) >= 11 is 7.13. The van der Waals surface area contributed by atoms with Crippen molar-refractivity contribution in [2.45, 2.75) is 12.2 Å². The van der Waals surface area contributed by atoms with Crippen molar-refractivity contribution < 1.29 is 14.3 Å². The Hall–Kier alpha value is -2.05. The van der Waals surface area contributed by atoms with Crippen LogP contribution in [0.3, 0.4) is 0 Å². The van der Waals surface area contributed by atoms with E-state index in [0.29, 0.717) is 0 Å². The number of nitrogens with zero attached hydrogens (tertiary/aromatic N) is 1. The Morgan fingerprint density at radius 3 is 2.33 bits per heavy atom. The number of aromatic nitrogens is 1. The molecule has 24 heavy (non-hydrogen) atoms. The zero-order valence-corrected chi connectivity index (χ0v) is 15.4. The van der Waals surface area contributed by atoms with Gasteiger partial charge >= 0.3 is 5.97 Å². The van der Waals surface area contributed by atoms with Crippen LogP contribution >= 0.6 is 28.6 Å². The smallest absolute Gasteiger partial charge is 0.316 e. The molecule has 4 nitrogen and oxygen atoms in total. The Morgan fingerprint density at radius 1 is 1.17 bits per heavy atom. The predicted molar refractivity (Wildman–Crippen MR) is 101 cm³/mol. The zero-order chi connectivity index (χ0) is 17.5. The highest BCUT2D eigenvalue weighted by molar-refractivity contribution is 9.10.